The van der Waals surface area contributed by atoms with Crippen LogP contribution < -0.4 is 11.1 Å². The van der Waals surface area contributed by atoms with Crippen molar-refractivity contribution in [3.63, 3.8) is 0 Å². The maximum Gasteiger partial charge on any atom is 0.144 e. The number of hydrogen-bond donors (Lipinski definition) is 2. The fraction of sp³-hybridized carbons (Fsp3) is 0.286. The molecule has 1 heterocycles. The summed E-state index contributed by atoms with van der Waals surface area (Å²) in [5.41, 5.74) is 5.29. The van der Waals surface area contributed by atoms with Crippen LogP contribution in [0.2, 0.25) is 5.02 Å². The molecule has 0 unspecified atom stereocenters. The van der Waals surface area contributed by atoms with Crippen LogP contribution in [0.1, 0.15) is 0 Å². The molecular formula is C7H10ClN3. The van der Waals surface area contributed by atoms with Gasteiger partial charge in [-0.1, -0.05) is 11.6 Å². The van der Waals surface area contributed by atoms with Crippen molar-refractivity contribution in [3.8, 4) is 0 Å². The number of rotatable bonds is 3. The Balaban J connectivity index is 2.62. The van der Waals surface area contributed by atoms with Crippen LogP contribution in [0.5, 0.6) is 0 Å². The SMILES string of the molecule is NCCNc1ncccc1Cl. The molecule has 0 saturated heterocycles. The summed E-state index contributed by atoms with van der Waals surface area (Å²) in [5, 5.41) is 3.62. The molecule has 60 valence electrons. The molecule has 0 fully saturated rings. The Morgan fingerprint density at radius 1 is 1.64 bits per heavy atom. The molecule has 3 nitrogen and oxygen atoms in total. The standard InChI is InChI=1S/C7H10ClN3/c8-6-2-1-4-10-7(6)11-5-3-9/h1-2,4H,3,5,9H2,(H,10,11). The van der Waals surface area contributed by atoms with E-state index in [-0.39, 0.29) is 0 Å². The van der Waals surface area contributed by atoms with Gasteiger partial charge in [0, 0.05) is 19.3 Å². The first-order chi connectivity index (χ1) is 5.34. The Morgan fingerprint density at radius 3 is 3.09 bits per heavy atom. The zero-order valence-corrected chi connectivity index (χ0v) is 6.80. The number of hydrogen-bond acceptors (Lipinski definition) is 3. The monoisotopic (exact) mass is 171 g/mol. The van der Waals surface area contributed by atoms with Crippen molar-refractivity contribution in [2.75, 3.05) is 18.4 Å². The number of pyridine rings is 1. The predicted octanol–water partition coefficient (Wildman–Crippen LogP) is 1.11. The lowest BCUT2D eigenvalue weighted by Gasteiger charge is -2.03. The molecule has 4 heteroatoms. The van der Waals surface area contributed by atoms with Crippen molar-refractivity contribution in [2.24, 2.45) is 5.73 Å². The van der Waals surface area contributed by atoms with E-state index in [0.29, 0.717) is 23.9 Å². The number of nitrogens with two attached hydrogens (primary N) is 1. The molecule has 0 aliphatic rings. The van der Waals surface area contributed by atoms with Crippen LogP contribution in [-0.2, 0) is 0 Å². The molecule has 0 spiro atoms. The summed E-state index contributed by atoms with van der Waals surface area (Å²) in [7, 11) is 0. The van der Waals surface area contributed by atoms with Gasteiger partial charge in [-0.15, -0.1) is 0 Å². The zero-order chi connectivity index (χ0) is 8.10. The highest BCUT2D eigenvalue weighted by atomic mass is 35.5. The Labute approximate surface area is 70.6 Å². The van der Waals surface area contributed by atoms with Crippen LogP contribution in [0.25, 0.3) is 0 Å². The van der Waals surface area contributed by atoms with Crippen LogP contribution in [0.3, 0.4) is 0 Å². The van der Waals surface area contributed by atoms with Gasteiger partial charge in [-0.2, -0.15) is 0 Å². The third kappa shape index (κ3) is 2.37. The van der Waals surface area contributed by atoms with Crippen molar-refractivity contribution < 1.29 is 0 Å². The van der Waals surface area contributed by atoms with Crippen LogP contribution in [-0.4, -0.2) is 18.1 Å². The molecule has 0 amide bonds. The van der Waals surface area contributed by atoms with Crippen molar-refractivity contribution in [2.45, 2.75) is 0 Å². The lowest BCUT2D eigenvalue weighted by molar-refractivity contribution is 1.01. The first kappa shape index (κ1) is 8.30. The second-order valence-corrected chi connectivity index (χ2v) is 2.46. The van der Waals surface area contributed by atoms with E-state index in [1.807, 2.05) is 0 Å². The highest BCUT2D eigenvalue weighted by molar-refractivity contribution is 6.32. The Morgan fingerprint density at radius 2 is 2.45 bits per heavy atom. The molecule has 0 aliphatic heterocycles. The van der Waals surface area contributed by atoms with Crippen molar-refractivity contribution in [3.05, 3.63) is 23.4 Å². The van der Waals surface area contributed by atoms with E-state index in [4.69, 9.17) is 17.3 Å². The third-order valence-electron chi connectivity index (χ3n) is 1.20. The molecule has 1 rings (SSSR count). The van der Waals surface area contributed by atoms with E-state index in [1.54, 1.807) is 18.3 Å². The van der Waals surface area contributed by atoms with Crippen LogP contribution in [0, 0.1) is 0 Å². The smallest absolute Gasteiger partial charge is 0.144 e. The van der Waals surface area contributed by atoms with Gasteiger partial charge >= 0.3 is 0 Å². The van der Waals surface area contributed by atoms with E-state index in [0.717, 1.165) is 0 Å². The van der Waals surface area contributed by atoms with Crippen molar-refractivity contribution in [1.29, 1.82) is 0 Å². The summed E-state index contributed by atoms with van der Waals surface area (Å²) >= 11 is 5.79. The summed E-state index contributed by atoms with van der Waals surface area (Å²) in [4.78, 5) is 4.02. The molecule has 0 atom stereocenters. The number of aromatic nitrogens is 1. The molecule has 1 aromatic heterocycles. The normalized spacial score (nSPS) is 9.64. The molecule has 3 N–H and O–H groups in total. The minimum Gasteiger partial charge on any atom is -0.368 e. The second-order valence-electron chi connectivity index (χ2n) is 2.05. The van der Waals surface area contributed by atoms with E-state index < -0.39 is 0 Å². The Bertz CT molecular complexity index is 227. The third-order valence-corrected chi connectivity index (χ3v) is 1.50. The van der Waals surface area contributed by atoms with Gasteiger partial charge in [0.05, 0.1) is 5.02 Å². The Hall–Kier alpha value is -0.800. The van der Waals surface area contributed by atoms with Gasteiger partial charge < -0.3 is 11.1 Å². The number of nitrogens with one attached hydrogen (secondary N) is 1. The van der Waals surface area contributed by atoms with Crippen LogP contribution in [0.15, 0.2) is 18.3 Å². The number of halogens is 1. The number of nitrogens with zero attached hydrogens (tertiary/aromatic N) is 1. The average Bonchev–Trinajstić information content (AvgIpc) is 2.03. The average molecular weight is 172 g/mol. The molecule has 0 aliphatic carbocycles. The van der Waals surface area contributed by atoms with Crippen molar-refractivity contribution in [1.82, 2.24) is 4.98 Å². The summed E-state index contributed by atoms with van der Waals surface area (Å²) in [6.07, 6.45) is 1.69. The fourth-order valence-corrected chi connectivity index (χ4v) is 0.895. The molecule has 11 heavy (non-hydrogen) atoms. The summed E-state index contributed by atoms with van der Waals surface area (Å²) in [6.45, 7) is 1.27. The van der Waals surface area contributed by atoms with Gasteiger partial charge in [-0.3, -0.25) is 0 Å². The van der Waals surface area contributed by atoms with Gasteiger partial charge in [-0.25, -0.2) is 4.98 Å². The van der Waals surface area contributed by atoms with Crippen molar-refractivity contribution >= 4 is 17.4 Å². The first-order valence-corrected chi connectivity index (χ1v) is 3.77. The molecule has 0 radical (unpaired) electrons. The first-order valence-electron chi connectivity index (χ1n) is 3.39. The summed E-state index contributed by atoms with van der Waals surface area (Å²) in [5.74, 6) is 0.694. The van der Waals surface area contributed by atoms with Crippen LogP contribution >= 0.6 is 11.6 Å². The lowest BCUT2D eigenvalue weighted by atomic mass is 10.4. The van der Waals surface area contributed by atoms with Gasteiger partial charge in [0.1, 0.15) is 5.82 Å². The predicted molar refractivity (Wildman–Crippen MR) is 46.8 cm³/mol. The topological polar surface area (TPSA) is 50.9 Å². The Kier molecular flexibility index (Phi) is 3.14. The zero-order valence-electron chi connectivity index (χ0n) is 6.05. The minimum absolute atomic E-state index is 0.576. The van der Waals surface area contributed by atoms with E-state index in [9.17, 15) is 0 Å². The molecule has 1 aromatic rings. The summed E-state index contributed by atoms with van der Waals surface area (Å²) < 4.78 is 0. The maximum atomic E-state index is 5.79. The molecule has 0 bridgehead atoms. The largest absolute Gasteiger partial charge is 0.368 e. The minimum atomic E-state index is 0.576. The van der Waals surface area contributed by atoms with Gasteiger partial charge in [0.25, 0.3) is 0 Å². The van der Waals surface area contributed by atoms with E-state index in [2.05, 4.69) is 10.3 Å². The van der Waals surface area contributed by atoms with E-state index >= 15 is 0 Å². The number of anilines is 1. The second kappa shape index (κ2) is 4.16. The highest BCUT2D eigenvalue weighted by Crippen LogP contribution is 2.16. The van der Waals surface area contributed by atoms with Gasteiger partial charge in [0.15, 0.2) is 0 Å². The van der Waals surface area contributed by atoms with Gasteiger partial charge in [-0.05, 0) is 12.1 Å². The summed E-state index contributed by atoms with van der Waals surface area (Å²) in [6, 6.07) is 3.57. The molecular weight excluding hydrogens is 162 g/mol. The quantitative estimate of drug-likeness (QED) is 0.717. The van der Waals surface area contributed by atoms with Crippen LogP contribution in [0.4, 0.5) is 5.82 Å². The van der Waals surface area contributed by atoms with Gasteiger partial charge in [0.2, 0.25) is 0 Å². The fourth-order valence-electron chi connectivity index (χ4n) is 0.706. The highest BCUT2D eigenvalue weighted by Gasteiger charge is 1.96. The molecule has 0 saturated carbocycles. The maximum absolute atomic E-state index is 5.79. The van der Waals surface area contributed by atoms with E-state index in [1.165, 1.54) is 0 Å². The lowest BCUT2D eigenvalue weighted by Crippen LogP contribution is -2.13. The molecule has 0 aromatic carbocycles.